The molecule has 2 aliphatic rings. The SMILES string of the molecule is CC/C(=N\NC)SN1CC2C(COSc3cnn(C)n3)C2(c2cc3cnn(-c4ccc(F)cc4)c3cc2C)C1. The first kappa shape index (κ1) is 26.3. The Bertz CT molecular complexity index is 1520. The Balaban J connectivity index is 1.29. The van der Waals surface area contributed by atoms with Gasteiger partial charge in [0, 0.05) is 38.0 Å². The Morgan fingerprint density at radius 2 is 2.05 bits per heavy atom. The van der Waals surface area contributed by atoms with Crippen LogP contribution in [-0.4, -0.2) is 60.9 Å². The summed E-state index contributed by atoms with van der Waals surface area (Å²) in [6, 6.07) is 11.0. The largest absolute Gasteiger partial charge is 0.312 e. The number of fused-ring (bicyclic) bond motifs is 2. The first-order valence-corrected chi connectivity index (χ1v) is 14.5. The van der Waals surface area contributed by atoms with Crippen LogP contribution in [0.3, 0.4) is 0 Å². The number of aryl methyl sites for hydroxylation is 2. The molecule has 1 saturated heterocycles. The summed E-state index contributed by atoms with van der Waals surface area (Å²) in [5.41, 5.74) is 7.36. The monoisotopic (exact) mass is 566 g/mol. The van der Waals surface area contributed by atoms with Crippen LogP contribution in [-0.2, 0) is 16.6 Å². The van der Waals surface area contributed by atoms with Crippen molar-refractivity contribution in [3.63, 3.8) is 0 Å². The summed E-state index contributed by atoms with van der Waals surface area (Å²) in [5, 5.41) is 20.4. The molecule has 12 heteroatoms. The minimum atomic E-state index is -0.257. The fourth-order valence-electron chi connectivity index (χ4n) is 5.96. The van der Waals surface area contributed by atoms with E-state index >= 15 is 0 Å². The summed E-state index contributed by atoms with van der Waals surface area (Å²) in [7, 11) is 3.64. The van der Waals surface area contributed by atoms with Crippen molar-refractivity contribution in [3.8, 4) is 5.69 Å². The second kappa shape index (κ2) is 10.6. The average Bonchev–Trinajstić information content (AvgIpc) is 3.35. The molecule has 0 radical (unpaired) electrons. The number of benzene rings is 2. The second-order valence-corrected chi connectivity index (χ2v) is 12.0. The molecule has 1 aliphatic carbocycles. The maximum absolute atomic E-state index is 13.5. The van der Waals surface area contributed by atoms with Crippen LogP contribution in [0.4, 0.5) is 4.39 Å². The van der Waals surface area contributed by atoms with Crippen molar-refractivity contribution in [3.05, 3.63) is 65.7 Å². The van der Waals surface area contributed by atoms with Gasteiger partial charge < -0.3 is 9.61 Å². The van der Waals surface area contributed by atoms with E-state index in [4.69, 9.17) is 4.18 Å². The van der Waals surface area contributed by atoms with Crippen molar-refractivity contribution in [1.29, 1.82) is 0 Å². The smallest absolute Gasteiger partial charge is 0.166 e. The van der Waals surface area contributed by atoms with E-state index in [2.05, 4.69) is 56.1 Å². The zero-order valence-corrected chi connectivity index (χ0v) is 24.0. The number of rotatable bonds is 9. The average molecular weight is 567 g/mol. The van der Waals surface area contributed by atoms with E-state index in [1.54, 1.807) is 37.3 Å². The zero-order valence-electron chi connectivity index (χ0n) is 22.3. The Labute approximate surface area is 235 Å². The van der Waals surface area contributed by atoms with Crippen LogP contribution in [0.25, 0.3) is 16.6 Å². The van der Waals surface area contributed by atoms with Crippen molar-refractivity contribution in [2.24, 2.45) is 24.0 Å². The first-order valence-electron chi connectivity index (χ1n) is 13.0. The number of hydrogen-bond donors (Lipinski definition) is 1. The molecule has 6 rings (SSSR count). The Morgan fingerprint density at radius 3 is 2.77 bits per heavy atom. The van der Waals surface area contributed by atoms with E-state index in [1.807, 2.05) is 17.9 Å². The number of hydrogen-bond acceptors (Lipinski definition) is 9. The number of aromatic nitrogens is 5. The molecule has 1 saturated carbocycles. The Hall–Kier alpha value is -2.93. The van der Waals surface area contributed by atoms with Crippen molar-refractivity contribution >= 4 is 39.9 Å². The van der Waals surface area contributed by atoms with Crippen LogP contribution in [0.2, 0.25) is 0 Å². The predicted octanol–water partition coefficient (Wildman–Crippen LogP) is 4.72. The standard InChI is InChI=1S/C27H31FN8OS2/c1-5-25(32-29-3)38-35-14-22-23(15-37-39-26-13-30-34(4)33-26)27(22,16-35)21-11-18-12-31-36(24(18)10-17(21)2)20-8-6-19(28)7-9-20/h6-13,22-23,29H,5,14-16H2,1-4H3/b32-25+. The van der Waals surface area contributed by atoms with Crippen molar-refractivity contribution < 1.29 is 8.57 Å². The molecular formula is C27H31FN8OS2. The summed E-state index contributed by atoms with van der Waals surface area (Å²) >= 11 is 3.04. The lowest BCUT2D eigenvalue weighted by atomic mass is 9.88. The van der Waals surface area contributed by atoms with Gasteiger partial charge in [-0.05, 0) is 84.7 Å². The molecule has 2 aromatic carbocycles. The maximum Gasteiger partial charge on any atom is 0.166 e. The van der Waals surface area contributed by atoms with E-state index in [1.165, 1.54) is 40.1 Å². The molecule has 4 aromatic rings. The summed E-state index contributed by atoms with van der Waals surface area (Å²) in [6.07, 6.45) is 4.51. The molecule has 204 valence electrons. The summed E-state index contributed by atoms with van der Waals surface area (Å²) < 4.78 is 23.9. The van der Waals surface area contributed by atoms with Gasteiger partial charge in [0.25, 0.3) is 0 Å². The van der Waals surface area contributed by atoms with Gasteiger partial charge in [-0.1, -0.05) is 6.92 Å². The van der Waals surface area contributed by atoms with Gasteiger partial charge in [0.2, 0.25) is 0 Å². The van der Waals surface area contributed by atoms with Crippen molar-refractivity contribution in [1.82, 2.24) is 34.5 Å². The van der Waals surface area contributed by atoms with Gasteiger partial charge in [-0.15, -0.1) is 5.10 Å². The summed E-state index contributed by atoms with van der Waals surface area (Å²) in [4.78, 5) is 1.54. The van der Waals surface area contributed by atoms with Crippen LogP contribution in [0.15, 0.2) is 58.9 Å². The molecule has 1 N–H and O–H groups in total. The van der Waals surface area contributed by atoms with Crippen molar-refractivity contribution in [2.45, 2.75) is 30.7 Å². The number of hydrazone groups is 1. The number of nitrogens with zero attached hydrogens (tertiary/aromatic N) is 7. The molecule has 39 heavy (non-hydrogen) atoms. The highest BCUT2D eigenvalue weighted by atomic mass is 32.2. The molecule has 0 spiro atoms. The molecule has 2 aromatic heterocycles. The Morgan fingerprint density at radius 1 is 1.23 bits per heavy atom. The lowest BCUT2D eigenvalue weighted by Gasteiger charge is -2.24. The molecule has 0 amide bonds. The minimum absolute atomic E-state index is 0.00926. The van der Waals surface area contributed by atoms with E-state index in [-0.39, 0.29) is 11.2 Å². The predicted molar refractivity (Wildman–Crippen MR) is 153 cm³/mol. The van der Waals surface area contributed by atoms with E-state index in [0.29, 0.717) is 18.4 Å². The molecule has 0 bridgehead atoms. The van der Waals surface area contributed by atoms with Gasteiger partial charge in [0.15, 0.2) is 5.03 Å². The van der Waals surface area contributed by atoms with Crippen LogP contribution < -0.4 is 5.43 Å². The van der Waals surface area contributed by atoms with Crippen LogP contribution >= 0.6 is 24.0 Å². The van der Waals surface area contributed by atoms with Gasteiger partial charge in [0.1, 0.15) is 10.9 Å². The van der Waals surface area contributed by atoms with Gasteiger partial charge in [-0.25, -0.2) is 13.4 Å². The molecule has 2 fully saturated rings. The normalized spacial score (nSPS) is 22.9. The van der Waals surface area contributed by atoms with Crippen molar-refractivity contribution in [2.75, 3.05) is 26.7 Å². The fraction of sp³-hybridized carbons (Fsp3) is 0.407. The van der Waals surface area contributed by atoms with Gasteiger partial charge >= 0.3 is 0 Å². The van der Waals surface area contributed by atoms with Crippen LogP contribution in [0, 0.1) is 24.6 Å². The highest BCUT2D eigenvalue weighted by molar-refractivity contribution is 8.11. The van der Waals surface area contributed by atoms with Crippen LogP contribution in [0.1, 0.15) is 24.5 Å². The molecule has 1 aliphatic heterocycles. The third kappa shape index (κ3) is 4.83. The highest BCUT2D eigenvalue weighted by Gasteiger charge is 2.70. The molecule has 3 atom stereocenters. The summed E-state index contributed by atoms with van der Waals surface area (Å²) in [6.45, 7) is 6.86. The molecule has 3 heterocycles. The molecule has 3 unspecified atom stereocenters. The lowest BCUT2D eigenvalue weighted by Crippen LogP contribution is -2.27. The quantitative estimate of drug-likeness (QED) is 0.102. The fourth-order valence-corrected chi connectivity index (χ4v) is 7.61. The molecule has 9 nitrogen and oxygen atoms in total. The first-order chi connectivity index (χ1) is 18.9. The number of piperidine rings is 1. The third-order valence-corrected chi connectivity index (χ3v) is 9.51. The van der Waals surface area contributed by atoms with Crippen LogP contribution in [0.5, 0.6) is 0 Å². The van der Waals surface area contributed by atoms with E-state index in [0.717, 1.165) is 46.2 Å². The number of halogens is 1. The second-order valence-electron chi connectivity index (χ2n) is 10.0. The Kier molecular flexibility index (Phi) is 7.13. The van der Waals surface area contributed by atoms with E-state index in [9.17, 15) is 4.39 Å². The lowest BCUT2D eigenvalue weighted by molar-refractivity contribution is 0.302. The summed E-state index contributed by atoms with van der Waals surface area (Å²) in [5.74, 6) is 0.615. The van der Waals surface area contributed by atoms with Gasteiger partial charge in [0.05, 0.1) is 42.2 Å². The molecular weight excluding hydrogens is 535 g/mol. The third-order valence-electron chi connectivity index (χ3n) is 7.77. The van der Waals surface area contributed by atoms with Gasteiger partial charge in [-0.3, -0.25) is 0 Å². The minimum Gasteiger partial charge on any atom is -0.312 e. The number of nitrogens with one attached hydrogen (secondary N) is 1. The highest BCUT2D eigenvalue weighted by Crippen LogP contribution is 2.66. The van der Waals surface area contributed by atoms with E-state index < -0.39 is 0 Å². The maximum atomic E-state index is 13.5. The zero-order chi connectivity index (χ0) is 27.1. The van der Waals surface area contributed by atoms with Gasteiger partial charge in [-0.2, -0.15) is 20.1 Å². The topological polar surface area (TPSA) is 85.4 Å².